The van der Waals surface area contributed by atoms with E-state index in [4.69, 9.17) is 4.98 Å². The van der Waals surface area contributed by atoms with E-state index in [1.54, 1.807) is 0 Å². The minimum absolute atomic E-state index is 0.435. The number of hydrogen-bond donors (Lipinski definition) is 1. The third-order valence-electron chi connectivity index (χ3n) is 3.31. The van der Waals surface area contributed by atoms with Crippen molar-refractivity contribution >= 4 is 0 Å². The van der Waals surface area contributed by atoms with Gasteiger partial charge in [0.2, 0.25) is 0 Å². The Bertz CT molecular complexity index is 580. The molecule has 1 N–H and O–H groups in total. The number of benzene rings is 1. The Morgan fingerprint density at radius 3 is 2.35 bits per heavy atom. The third kappa shape index (κ3) is 3.42. The lowest BCUT2D eigenvalue weighted by Gasteiger charge is -2.12. The molecule has 3 heteroatoms. The van der Waals surface area contributed by atoms with Crippen LogP contribution in [0, 0.1) is 20.8 Å². The van der Waals surface area contributed by atoms with Crippen LogP contribution in [0.25, 0.3) is 11.3 Å². The number of hydrogen-bond acceptors (Lipinski definition) is 3. The normalized spacial score (nSPS) is 11.1. The molecular weight excluding hydrogens is 246 g/mol. The van der Waals surface area contributed by atoms with E-state index in [0.717, 1.165) is 11.5 Å². The predicted molar refractivity (Wildman–Crippen MR) is 83.7 cm³/mol. The highest BCUT2D eigenvalue weighted by molar-refractivity contribution is 5.67. The second-order valence-electron chi connectivity index (χ2n) is 5.67. The molecule has 0 bridgehead atoms. The summed E-state index contributed by atoms with van der Waals surface area (Å²) >= 11 is 0. The lowest BCUT2D eigenvalue weighted by Crippen LogP contribution is -2.23. The van der Waals surface area contributed by atoms with Gasteiger partial charge in [-0.3, -0.25) is 0 Å². The topological polar surface area (TPSA) is 37.8 Å². The molecule has 0 saturated heterocycles. The number of nitrogens with zero attached hydrogens (tertiary/aromatic N) is 2. The van der Waals surface area contributed by atoms with Crippen molar-refractivity contribution in [3.63, 3.8) is 0 Å². The first-order valence-corrected chi connectivity index (χ1v) is 7.11. The molecule has 1 heterocycles. The molecule has 3 nitrogen and oxygen atoms in total. The van der Waals surface area contributed by atoms with Gasteiger partial charge in [0.15, 0.2) is 0 Å². The van der Waals surface area contributed by atoms with Crippen molar-refractivity contribution in [2.45, 2.75) is 47.2 Å². The summed E-state index contributed by atoms with van der Waals surface area (Å²) in [4.78, 5) is 9.03. The molecule has 0 spiro atoms. The van der Waals surface area contributed by atoms with Gasteiger partial charge in [0.25, 0.3) is 0 Å². The first-order valence-electron chi connectivity index (χ1n) is 7.11. The summed E-state index contributed by atoms with van der Waals surface area (Å²) in [7, 11) is 0. The fourth-order valence-electron chi connectivity index (χ4n) is 2.50. The predicted octanol–water partition coefficient (Wildman–Crippen LogP) is 3.57. The fourth-order valence-corrected chi connectivity index (χ4v) is 2.50. The highest BCUT2D eigenvalue weighted by Gasteiger charge is 2.09. The highest BCUT2D eigenvalue weighted by atomic mass is 15.0. The Kier molecular flexibility index (Phi) is 4.50. The summed E-state index contributed by atoms with van der Waals surface area (Å²) in [6.07, 6.45) is 1.85. The Morgan fingerprint density at radius 2 is 1.75 bits per heavy atom. The molecule has 0 fully saturated rings. The van der Waals surface area contributed by atoms with Crippen LogP contribution in [0.3, 0.4) is 0 Å². The van der Waals surface area contributed by atoms with Crippen LogP contribution in [0.15, 0.2) is 24.4 Å². The summed E-state index contributed by atoms with van der Waals surface area (Å²) in [5, 5.41) is 3.35. The Morgan fingerprint density at radius 1 is 1.10 bits per heavy atom. The first-order chi connectivity index (χ1) is 9.47. The van der Waals surface area contributed by atoms with Gasteiger partial charge in [0, 0.05) is 17.8 Å². The van der Waals surface area contributed by atoms with Crippen LogP contribution < -0.4 is 5.32 Å². The average Bonchev–Trinajstić information content (AvgIpc) is 2.35. The number of nitrogens with one attached hydrogen (secondary N) is 1. The van der Waals surface area contributed by atoms with Crippen molar-refractivity contribution in [3.05, 3.63) is 46.9 Å². The van der Waals surface area contributed by atoms with Crippen molar-refractivity contribution in [1.82, 2.24) is 15.3 Å². The van der Waals surface area contributed by atoms with Crippen LogP contribution >= 0.6 is 0 Å². The van der Waals surface area contributed by atoms with Crippen LogP contribution in [0.2, 0.25) is 0 Å². The van der Waals surface area contributed by atoms with Gasteiger partial charge in [-0.15, -0.1) is 0 Å². The molecule has 0 unspecified atom stereocenters. The molecule has 0 atom stereocenters. The van der Waals surface area contributed by atoms with E-state index in [1.165, 1.54) is 22.3 Å². The van der Waals surface area contributed by atoms with Crippen molar-refractivity contribution in [3.8, 4) is 11.3 Å². The van der Waals surface area contributed by atoms with Crippen molar-refractivity contribution in [2.75, 3.05) is 0 Å². The fraction of sp³-hybridized carbons (Fsp3) is 0.412. The maximum absolute atomic E-state index is 4.69. The molecule has 1 aromatic carbocycles. The average molecular weight is 269 g/mol. The molecule has 0 saturated carbocycles. The van der Waals surface area contributed by atoms with Crippen LogP contribution in [-0.4, -0.2) is 16.0 Å². The van der Waals surface area contributed by atoms with E-state index in [0.29, 0.717) is 12.6 Å². The SMILES string of the molecule is Cc1cc(C)c(-c2ccnc(CNC(C)C)n2)c(C)c1. The summed E-state index contributed by atoms with van der Waals surface area (Å²) < 4.78 is 0. The third-order valence-corrected chi connectivity index (χ3v) is 3.31. The Hall–Kier alpha value is -1.74. The molecule has 106 valence electrons. The van der Waals surface area contributed by atoms with E-state index < -0.39 is 0 Å². The number of aryl methyl sites for hydroxylation is 3. The maximum Gasteiger partial charge on any atom is 0.142 e. The molecule has 2 aromatic rings. The van der Waals surface area contributed by atoms with Gasteiger partial charge in [-0.2, -0.15) is 0 Å². The van der Waals surface area contributed by atoms with Crippen LogP contribution in [-0.2, 0) is 6.54 Å². The van der Waals surface area contributed by atoms with Crippen LogP contribution in [0.5, 0.6) is 0 Å². The summed E-state index contributed by atoms with van der Waals surface area (Å²) in [6.45, 7) is 11.4. The van der Waals surface area contributed by atoms with Gasteiger partial charge in [-0.05, 0) is 38.0 Å². The van der Waals surface area contributed by atoms with Crippen LogP contribution in [0.1, 0.15) is 36.4 Å². The quantitative estimate of drug-likeness (QED) is 0.922. The lowest BCUT2D eigenvalue weighted by atomic mass is 9.97. The van der Waals surface area contributed by atoms with Gasteiger partial charge in [0.05, 0.1) is 12.2 Å². The van der Waals surface area contributed by atoms with E-state index in [1.807, 2.05) is 12.3 Å². The van der Waals surface area contributed by atoms with Crippen LogP contribution in [0.4, 0.5) is 0 Å². The molecular formula is C17H23N3. The van der Waals surface area contributed by atoms with Gasteiger partial charge in [-0.25, -0.2) is 9.97 Å². The number of rotatable bonds is 4. The highest BCUT2D eigenvalue weighted by Crippen LogP contribution is 2.26. The minimum atomic E-state index is 0.435. The summed E-state index contributed by atoms with van der Waals surface area (Å²) in [5.41, 5.74) is 6.06. The van der Waals surface area contributed by atoms with Gasteiger partial charge < -0.3 is 5.32 Å². The second-order valence-corrected chi connectivity index (χ2v) is 5.67. The lowest BCUT2D eigenvalue weighted by molar-refractivity contribution is 0.572. The Labute approximate surface area is 121 Å². The van der Waals surface area contributed by atoms with E-state index in [9.17, 15) is 0 Å². The zero-order chi connectivity index (χ0) is 14.7. The molecule has 0 radical (unpaired) electrons. The van der Waals surface area contributed by atoms with Gasteiger partial charge in [-0.1, -0.05) is 31.5 Å². The smallest absolute Gasteiger partial charge is 0.142 e. The zero-order valence-corrected chi connectivity index (χ0v) is 13.0. The zero-order valence-electron chi connectivity index (χ0n) is 13.0. The van der Waals surface area contributed by atoms with Gasteiger partial charge in [0.1, 0.15) is 5.82 Å². The molecule has 1 aromatic heterocycles. The largest absolute Gasteiger partial charge is 0.308 e. The molecule has 20 heavy (non-hydrogen) atoms. The van der Waals surface area contributed by atoms with Crippen molar-refractivity contribution in [2.24, 2.45) is 0 Å². The molecule has 0 aliphatic carbocycles. The van der Waals surface area contributed by atoms with E-state index in [-0.39, 0.29) is 0 Å². The summed E-state index contributed by atoms with van der Waals surface area (Å²) in [6, 6.07) is 6.83. The monoisotopic (exact) mass is 269 g/mol. The van der Waals surface area contributed by atoms with E-state index >= 15 is 0 Å². The van der Waals surface area contributed by atoms with Crippen molar-refractivity contribution in [1.29, 1.82) is 0 Å². The van der Waals surface area contributed by atoms with Crippen molar-refractivity contribution < 1.29 is 0 Å². The van der Waals surface area contributed by atoms with E-state index in [2.05, 4.69) is 57.1 Å². The van der Waals surface area contributed by atoms with Gasteiger partial charge >= 0.3 is 0 Å². The standard InChI is InChI=1S/C17H23N3/c1-11(2)19-10-16-18-7-6-15(20-16)17-13(4)8-12(3)9-14(17)5/h6-9,11,19H,10H2,1-5H3. The molecule has 2 rings (SSSR count). The molecule has 0 aliphatic rings. The second kappa shape index (κ2) is 6.14. The maximum atomic E-state index is 4.69. The summed E-state index contributed by atoms with van der Waals surface area (Å²) in [5.74, 6) is 0.843. The minimum Gasteiger partial charge on any atom is -0.308 e. The first kappa shape index (κ1) is 14.7. The Balaban J connectivity index is 2.36. The molecule has 0 amide bonds. The molecule has 0 aliphatic heterocycles. The number of aromatic nitrogens is 2.